The van der Waals surface area contributed by atoms with Gasteiger partial charge >= 0.3 is 0 Å². The summed E-state index contributed by atoms with van der Waals surface area (Å²) in [6, 6.07) is 17.2. The Kier molecular flexibility index (Phi) is 3.65. The molecule has 0 aliphatic rings. The van der Waals surface area contributed by atoms with E-state index in [1.807, 2.05) is 54.6 Å². The Balaban J connectivity index is 1.79. The van der Waals surface area contributed by atoms with Crippen molar-refractivity contribution in [3.05, 3.63) is 71.9 Å². The van der Waals surface area contributed by atoms with E-state index in [2.05, 4.69) is 4.98 Å². The lowest BCUT2D eigenvalue weighted by Gasteiger charge is -2.05. The van der Waals surface area contributed by atoms with Gasteiger partial charge in [0, 0.05) is 29.3 Å². The number of ketones is 1. The van der Waals surface area contributed by atoms with Crippen molar-refractivity contribution in [2.45, 2.75) is 12.8 Å². The van der Waals surface area contributed by atoms with Crippen LogP contribution in [-0.4, -0.2) is 10.8 Å². The van der Waals surface area contributed by atoms with Gasteiger partial charge in [0.25, 0.3) is 0 Å². The largest absolute Gasteiger partial charge is 0.399 e. The maximum Gasteiger partial charge on any atom is 0.165 e. The molecule has 0 aliphatic carbocycles. The number of rotatable bonds is 4. The normalized spacial score (nSPS) is 10.7. The quantitative estimate of drug-likeness (QED) is 0.584. The molecule has 0 saturated heterocycles. The molecule has 2 N–H and O–H groups in total. The number of hydrogen-bond donors (Lipinski definition) is 1. The highest BCUT2D eigenvalue weighted by Crippen LogP contribution is 2.18. The van der Waals surface area contributed by atoms with E-state index in [4.69, 9.17) is 5.73 Å². The summed E-state index contributed by atoms with van der Waals surface area (Å²) in [7, 11) is 0. The minimum absolute atomic E-state index is 0.121. The maximum atomic E-state index is 12.4. The van der Waals surface area contributed by atoms with Crippen LogP contribution in [0.15, 0.2) is 60.8 Å². The Bertz CT molecular complexity index is 773. The summed E-state index contributed by atoms with van der Waals surface area (Å²) in [5, 5.41) is 0.996. The number of para-hydroxylation sites is 1. The lowest BCUT2D eigenvalue weighted by Crippen LogP contribution is -2.03. The van der Waals surface area contributed by atoms with E-state index >= 15 is 0 Å². The standard InChI is InChI=1S/C18H16N2O/c19-15-9-6-13(7-10-15)8-11-17(21)16-5-1-3-14-4-2-12-20-18(14)16/h1-7,9-10,12H,8,11,19H2. The van der Waals surface area contributed by atoms with Crippen LogP contribution in [0.2, 0.25) is 0 Å². The van der Waals surface area contributed by atoms with Crippen LogP contribution in [0.3, 0.4) is 0 Å². The van der Waals surface area contributed by atoms with Gasteiger partial charge in [-0.1, -0.05) is 30.3 Å². The third-order valence-corrected chi connectivity index (χ3v) is 3.55. The highest BCUT2D eigenvalue weighted by molar-refractivity contribution is 6.06. The van der Waals surface area contributed by atoms with Crippen LogP contribution in [0.1, 0.15) is 22.3 Å². The molecule has 3 nitrogen and oxygen atoms in total. The molecule has 3 heteroatoms. The zero-order chi connectivity index (χ0) is 14.7. The number of pyridine rings is 1. The molecule has 3 aromatic rings. The fourth-order valence-corrected chi connectivity index (χ4v) is 2.41. The van der Waals surface area contributed by atoms with Crippen molar-refractivity contribution in [2.24, 2.45) is 0 Å². The van der Waals surface area contributed by atoms with Crippen LogP contribution < -0.4 is 5.73 Å². The van der Waals surface area contributed by atoms with Gasteiger partial charge in [-0.15, -0.1) is 0 Å². The van der Waals surface area contributed by atoms with Gasteiger partial charge in [-0.25, -0.2) is 0 Å². The summed E-state index contributed by atoms with van der Waals surface area (Å²) >= 11 is 0. The monoisotopic (exact) mass is 276 g/mol. The lowest BCUT2D eigenvalue weighted by atomic mass is 10.0. The molecular weight excluding hydrogens is 260 g/mol. The zero-order valence-corrected chi connectivity index (χ0v) is 11.6. The van der Waals surface area contributed by atoms with Crippen molar-refractivity contribution < 1.29 is 4.79 Å². The van der Waals surface area contributed by atoms with Gasteiger partial charge < -0.3 is 5.73 Å². The van der Waals surface area contributed by atoms with E-state index in [9.17, 15) is 4.79 Å². The number of Topliss-reactive ketones (excluding diaryl/α,β-unsaturated/α-hetero) is 1. The predicted molar refractivity (Wildman–Crippen MR) is 85.2 cm³/mol. The van der Waals surface area contributed by atoms with Gasteiger partial charge in [0.2, 0.25) is 0 Å². The topological polar surface area (TPSA) is 56.0 Å². The fraction of sp³-hybridized carbons (Fsp3) is 0.111. The third kappa shape index (κ3) is 2.92. The van der Waals surface area contributed by atoms with Gasteiger partial charge in [0.15, 0.2) is 5.78 Å². The Hall–Kier alpha value is -2.68. The van der Waals surface area contributed by atoms with E-state index in [0.717, 1.165) is 22.2 Å². The molecule has 104 valence electrons. The summed E-state index contributed by atoms with van der Waals surface area (Å²) < 4.78 is 0. The lowest BCUT2D eigenvalue weighted by molar-refractivity contribution is 0.0984. The average molecular weight is 276 g/mol. The highest BCUT2D eigenvalue weighted by Gasteiger charge is 2.10. The maximum absolute atomic E-state index is 12.4. The number of carbonyl (C=O) groups excluding carboxylic acids is 1. The summed E-state index contributed by atoms with van der Waals surface area (Å²) in [6.07, 6.45) is 2.90. The Morgan fingerprint density at radius 1 is 1.00 bits per heavy atom. The van der Waals surface area contributed by atoms with Gasteiger partial charge in [0.1, 0.15) is 0 Å². The van der Waals surface area contributed by atoms with Crippen molar-refractivity contribution in [1.82, 2.24) is 4.98 Å². The van der Waals surface area contributed by atoms with E-state index in [1.165, 1.54) is 0 Å². The van der Waals surface area contributed by atoms with Crippen LogP contribution in [0.4, 0.5) is 5.69 Å². The molecule has 0 spiro atoms. The number of nitrogens with zero attached hydrogens (tertiary/aromatic N) is 1. The molecule has 0 bridgehead atoms. The van der Waals surface area contributed by atoms with Gasteiger partial charge in [-0.05, 0) is 36.2 Å². The second kappa shape index (κ2) is 5.75. The van der Waals surface area contributed by atoms with Gasteiger partial charge in [-0.3, -0.25) is 9.78 Å². The van der Waals surface area contributed by atoms with E-state index in [1.54, 1.807) is 6.20 Å². The van der Waals surface area contributed by atoms with Crippen molar-refractivity contribution in [3.63, 3.8) is 0 Å². The van der Waals surface area contributed by atoms with Crippen LogP contribution in [0.5, 0.6) is 0 Å². The molecule has 1 heterocycles. The fourth-order valence-electron chi connectivity index (χ4n) is 2.41. The Morgan fingerprint density at radius 2 is 1.76 bits per heavy atom. The molecule has 0 saturated carbocycles. The summed E-state index contributed by atoms with van der Waals surface area (Å²) in [6.45, 7) is 0. The molecule has 0 fully saturated rings. The van der Waals surface area contributed by atoms with Gasteiger partial charge in [0.05, 0.1) is 5.52 Å². The molecule has 2 aromatic carbocycles. The second-order valence-corrected chi connectivity index (χ2v) is 5.05. The molecule has 0 atom stereocenters. The van der Waals surface area contributed by atoms with Gasteiger partial charge in [-0.2, -0.15) is 0 Å². The average Bonchev–Trinajstić information content (AvgIpc) is 2.53. The molecule has 1 aromatic heterocycles. The summed E-state index contributed by atoms with van der Waals surface area (Å²) in [5.74, 6) is 0.121. The first-order valence-corrected chi connectivity index (χ1v) is 6.95. The number of hydrogen-bond acceptors (Lipinski definition) is 3. The second-order valence-electron chi connectivity index (χ2n) is 5.05. The Labute approximate surface area is 123 Å². The number of benzene rings is 2. The first-order chi connectivity index (χ1) is 10.2. The van der Waals surface area contributed by atoms with Crippen molar-refractivity contribution in [3.8, 4) is 0 Å². The minimum Gasteiger partial charge on any atom is -0.399 e. The molecule has 3 rings (SSSR count). The molecule has 0 unspecified atom stereocenters. The van der Waals surface area contributed by atoms with Crippen LogP contribution in [0.25, 0.3) is 10.9 Å². The molecule has 21 heavy (non-hydrogen) atoms. The first kappa shape index (κ1) is 13.3. The number of aromatic nitrogens is 1. The van der Waals surface area contributed by atoms with E-state index in [0.29, 0.717) is 18.4 Å². The number of fused-ring (bicyclic) bond motifs is 1. The summed E-state index contributed by atoms with van der Waals surface area (Å²) in [4.78, 5) is 16.8. The number of nitrogens with two attached hydrogens (primary N) is 1. The predicted octanol–water partition coefficient (Wildman–Crippen LogP) is 3.63. The zero-order valence-electron chi connectivity index (χ0n) is 11.6. The number of aryl methyl sites for hydroxylation is 1. The minimum atomic E-state index is 0.121. The summed E-state index contributed by atoms with van der Waals surface area (Å²) in [5.41, 5.74) is 8.99. The number of anilines is 1. The number of carbonyl (C=O) groups is 1. The molecule has 0 amide bonds. The SMILES string of the molecule is Nc1ccc(CCC(=O)c2cccc3cccnc23)cc1. The third-order valence-electron chi connectivity index (χ3n) is 3.55. The Morgan fingerprint density at radius 3 is 2.57 bits per heavy atom. The van der Waals surface area contributed by atoms with E-state index in [-0.39, 0.29) is 5.78 Å². The molecule has 0 radical (unpaired) electrons. The van der Waals surface area contributed by atoms with Crippen molar-refractivity contribution in [2.75, 3.05) is 5.73 Å². The van der Waals surface area contributed by atoms with Crippen LogP contribution in [0, 0.1) is 0 Å². The van der Waals surface area contributed by atoms with Crippen molar-refractivity contribution >= 4 is 22.4 Å². The van der Waals surface area contributed by atoms with Crippen molar-refractivity contribution in [1.29, 1.82) is 0 Å². The first-order valence-electron chi connectivity index (χ1n) is 6.95. The van der Waals surface area contributed by atoms with Crippen LogP contribution in [-0.2, 0) is 6.42 Å². The highest BCUT2D eigenvalue weighted by atomic mass is 16.1. The van der Waals surface area contributed by atoms with Crippen LogP contribution >= 0.6 is 0 Å². The van der Waals surface area contributed by atoms with E-state index < -0.39 is 0 Å². The molecule has 0 aliphatic heterocycles. The smallest absolute Gasteiger partial charge is 0.165 e. The number of nitrogen functional groups attached to an aromatic ring is 1. The molecular formula is C18H16N2O.